The molecule has 148 valence electrons. The van der Waals surface area contributed by atoms with E-state index in [4.69, 9.17) is 12.3 Å². The van der Waals surface area contributed by atoms with E-state index in [2.05, 4.69) is 0 Å². The van der Waals surface area contributed by atoms with Gasteiger partial charge in [-0.3, -0.25) is 0 Å². The van der Waals surface area contributed by atoms with Gasteiger partial charge in [0.25, 0.3) is 0 Å². The van der Waals surface area contributed by atoms with Gasteiger partial charge in [-0.25, -0.2) is 0 Å². The van der Waals surface area contributed by atoms with Crippen molar-refractivity contribution < 1.29 is 21.9 Å². The van der Waals surface area contributed by atoms with Gasteiger partial charge in [-0.15, -0.1) is 0 Å². The highest BCUT2D eigenvalue weighted by atomic mass is 28.5. The van der Waals surface area contributed by atoms with Crippen LogP contribution >= 0.6 is 0 Å². The van der Waals surface area contributed by atoms with Crippen molar-refractivity contribution in [3.8, 4) is 0 Å². The third-order valence-electron chi connectivity index (χ3n) is 3.94. The zero-order valence-electron chi connectivity index (χ0n) is 16.9. The van der Waals surface area contributed by atoms with Crippen molar-refractivity contribution in [2.24, 2.45) is 0 Å². The first-order chi connectivity index (χ1) is 12.3. The van der Waals surface area contributed by atoms with Crippen molar-refractivity contribution >= 4 is 44.6 Å². The molecular weight excluding hydrogens is 409 g/mol. The molecule has 2 N–H and O–H groups in total. The van der Waals surface area contributed by atoms with Crippen LogP contribution in [-0.4, -0.2) is 43.8 Å². The van der Waals surface area contributed by atoms with Crippen molar-refractivity contribution in [1.29, 1.82) is 0 Å². The van der Waals surface area contributed by atoms with Gasteiger partial charge in [-0.2, -0.15) is 0 Å². The van der Waals surface area contributed by atoms with Gasteiger partial charge in [-0.05, 0) is 49.7 Å². The molecule has 0 aliphatic heterocycles. The summed E-state index contributed by atoms with van der Waals surface area (Å²) in [4.78, 5) is 21.5. The van der Waals surface area contributed by atoms with Crippen LogP contribution < -0.4 is 10.4 Å². The van der Waals surface area contributed by atoms with E-state index >= 15 is 0 Å². The van der Waals surface area contributed by atoms with Gasteiger partial charge in [0.05, 0.1) is 0 Å². The molecule has 2 aromatic rings. The summed E-state index contributed by atoms with van der Waals surface area (Å²) in [6.45, 7) is 11.0. The number of rotatable bonds is 8. The number of hydrogen-bond acceptors (Lipinski definition) is 5. The summed E-state index contributed by atoms with van der Waals surface area (Å²) in [6, 6.07) is 19.2. The van der Waals surface area contributed by atoms with Crippen molar-refractivity contribution in [3.63, 3.8) is 0 Å². The van der Waals surface area contributed by atoms with E-state index in [1.807, 2.05) is 80.3 Å². The molecule has 2 unspecified atom stereocenters. The SMILES string of the molecule is C[Si](C)(O)O[Si](C)(O[Si](C)(C)O[Si](C)(O)c1ccccc1)c1ccccc1. The molecule has 0 saturated heterocycles. The average molecular weight is 439 g/mol. The molecule has 9 heteroatoms. The second-order valence-electron chi connectivity index (χ2n) is 7.81. The molecule has 0 saturated carbocycles. The first-order valence-corrected chi connectivity index (χ1v) is 19.3. The molecule has 0 fully saturated rings. The average Bonchev–Trinajstić information content (AvgIpc) is 2.53. The highest BCUT2D eigenvalue weighted by Crippen LogP contribution is 2.23. The second-order valence-corrected chi connectivity index (χ2v) is 21.0. The van der Waals surface area contributed by atoms with Gasteiger partial charge < -0.3 is 21.9 Å². The standard InChI is InChI=1S/C18H30O5Si4/c1-24(2,19)21-27(6,18-15-11-8-12-16-18)23-25(3,4)22-26(5,20)17-13-9-7-10-14-17/h7-16,19-20H,1-6H3. The Labute approximate surface area is 166 Å². The molecule has 0 aliphatic carbocycles. The summed E-state index contributed by atoms with van der Waals surface area (Å²) < 4.78 is 18.9. The van der Waals surface area contributed by atoms with E-state index in [0.29, 0.717) is 0 Å². The maximum absolute atomic E-state index is 11.0. The van der Waals surface area contributed by atoms with Gasteiger partial charge >= 0.3 is 34.2 Å². The van der Waals surface area contributed by atoms with Gasteiger partial charge in [-0.1, -0.05) is 60.7 Å². The van der Waals surface area contributed by atoms with E-state index in [1.54, 1.807) is 19.6 Å². The van der Waals surface area contributed by atoms with Crippen LogP contribution in [-0.2, 0) is 12.3 Å². The zero-order chi connectivity index (χ0) is 20.3. The van der Waals surface area contributed by atoms with Crippen LogP contribution in [0.5, 0.6) is 0 Å². The van der Waals surface area contributed by atoms with Crippen LogP contribution in [0, 0.1) is 0 Å². The Morgan fingerprint density at radius 2 is 1.04 bits per heavy atom. The van der Waals surface area contributed by atoms with E-state index in [9.17, 15) is 9.59 Å². The van der Waals surface area contributed by atoms with Crippen LogP contribution in [0.1, 0.15) is 0 Å². The molecule has 2 rings (SSSR count). The molecule has 0 heterocycles. The topological polar surface area (TPSA) is 68.2 Å². The van der Waals surface area contributed by atoms with Crippen LogP contribution in [0.2, 0.25) is 39.3 Å². The lowest BCUT2D eigenvalue weighted by Gasteiger charge is -2.40. The lowest BCUT2D eigenvalue weighted by atomic mass is 10.4. The first-order valence-electron chi connectivity index (χ1n) is 8.99. The summed E-state index contributed by atoms with van der Waals surface area (Å²) in [6.07, 6.45) is 0. The Hall–Kier alpha value is -0.892. The minimum atomic E-state index is -3.12. The van der Waals surface area contributed by atoms with Crippen molar-refractivity contribution in [3.05, 3.63) is 60.7 Å². The van der Waals surface area contributed by atoms with Crippen molar-refractivity contribution in [2.45, 2.75) is 39.3 Å². The summed E-state index contributed by atoms with van der Waals surface area (Å²) in [7, 11) is -11.7. The number of benzene rings is 2. The molecular formula is C18H30O5Si4. The maximum atomic E-state index is 11.0. The summed E-state index contributed by atoms with van der Waals surface area (Å²) >= 11 is 0. The molecule has 2 atom stereocenters. The van der Waals surface area contributed by atoms with Gasteiger partial charge in [0.1, 0.15) is 0 Å². The summed E-state index contributed by atoms with van der Waals surface area (Å²) in [5.41, 5.74) is 0. The highest BCUT2D eigenvalue weighted by Gasteiger charge is 2.48. The third-order valence-corrected chi connectivity index (χ3v) is 17.4. The molecule has 0 bridgehead atoms. The van der Waals surface area contributed by atoms with Gasteiger partial charge in [0.2, 0.25) is 0 Å². The van der Waals surface area contributed by atoms with E-state index in [1.165, 1.54) is 0 Å². The normalized spacial score (nSPS) is 17.2. The monoisotopic (exact) mass is 438 g/mol. The summed E-state index contributed by atoms with van der Waals surface area (Å²) in [5.74, 6) is 0. The number of hydrogen-bond donors (Lipinski definition) is 2. The lowest BCUT2D eigenvalue weighted by molar-refractivity contribution is 0.285. The molecule has 0 aliphatic rings. The minimum Gasteiger partial charge on any atom is -0.412 e. The first kappa shape index (κ1) is 22.4. The van der Waals surface area contributed by atoms with E-state index < -0.39 is 34.2 Å². The fourth-order valence-corrected chi connectivity index (χ4v) is 18.6. The molecule has 27 heavy (non-hydrogen) atoms. The largest absolute Gasteiger partial charge is 0.412 e. The van der Waals surface area contributed by atoms with Crippen molar-refractivity contribution in [2.75, 3.05) is 0 Å². The Morgan fingerprint density at radius 1 is 0.593 bits per heavy atom. The molecule has 0 spiro atoms. The molecule has 0 aromatic heterocycles. The smallest absolute Gasteiger partial charge is 0.357 e. The Kier molecular flexibility index (Phi) is 6.83. The fraction of sp³-hybridized carbons (Fsp3) is 0.333. The Bertz CT molecular complexity index is 734. The molecule has 2 aromatic carbocycles. The second kappa shape index (κ2) is 8.23. The van der Waals surface area contributed by atoms with E-state index in [0.717, 1.165) is 10.4 Å². The Morgan fingerprint density at radius 3 is 1.48 bits per heavy atom. The lowest BCUT2D eigenvalue weighted by Crippen LogP contribution is -2.65. The van der Waals surface area contributed by atoms with Crippen LogP contribution in [0.4, 0.5) is 0 Å². The Balaban J connectivity index is 2.30. The van der Waals surface area contributed by atoms with Gasteiger partial charge in [0, 0.05) is 0 Å². The third kappa shape index (κ3) is 6.59. The minimum absolute atomic E-state index is 0.801. The molecule has 0 amide bonds. The van der Waals surface area contributed by atoms with E-state index in [-0.39, 0.29) is 0 Å². The van der Waals surface area contributed by atoms with Crippen LogP contribution in [0.25, 0.3) is 0 Å². The predicted molar refractivity (Wildman–Crippen MR) is 118 cm³/mol. The maximum Gasteiger partial charge on any atom is 0.357 e. The molecule has 0 radical (unpaired) electrons. The van der Waals surface area contributed by atoms with Crippen molar-refractivity contribution in [1.82, 2.24) is 0 Å². The zero-order valence-corrected chi connectivity index (χ0v) is 20.9. The van der Waals surface area contributed by atoms with Crippen LogP contribution in [0.15, 0.2) is 60.7 Å². The predicted octanol–water partition coefficient (Wildman–Crippen LogP) is 2.38. The van der Waals surface area contributed by atoms with Crippen LogP contribution in [0.3, 0.4) is 0 Å². The molecule has 5 nitrogen and oxygen atoms in total. The van der Waals surface area contributed by atoms with Gasteiger partial charge in [0.15, 0.2) is 0 Å². The fourth-order valence-electron chi connectivity index (χ4n) is 3.13. The highest BCUT2D eigenvalue weighted by molar-refractivity contribution is 6.95. The quantitative estimate of drug-likeness (QED) is 0.619. The summed E-state index contributed by atoms with van der Waals surface area (Å²) in [5, 5.41) is 1.74.